The molecule has 48 heavy (non-hydrogen) atoms. The molecule has 4 aromatic rings. The standard InChI is InChI=1S/C37H42N6O4S/c1-36(2,3)23-12-32(45)43(40-16-23)19-26-14-31-34(48-26)27(7-8-39-31)29-9-21(15-38)10-30-28-11-22(28)17-41(33(29)30)24-13-25(20-44)42(18-24)35(46)47-37(4,5)6/h7-10,12,14,16,22,24-25,28,44H,11,13,17-20H2,1-6H3/t22-,24+,25+,28-/m1/s1. The maximum Gasteiger partial charge on any atom is 0.410 e. The lowest BCUT2D eigenvalue weighted by Gasteiger charge is -2.38. The fourth-order valence-electron chi connectivity index (χ4n) is 7.26. The van der Waals surface area contributed by atoms with Crippen LogP contribution in [0.15, 0.2) is 47.5 Å². The molecule has 2 fully saturated rings. The van der Waals surface area contributed by atoms with Crippen LogP contribution < -0.4 is 10.5 Å². The van der Waals surface area contributed by atoms with Crippen molar-refractivity contribution in [1.82, 2.24) is 19.7 Å². The highest BCUT2D eigenvalue weighted by molar-refractivity contribution is 7.19. The lowest BCUT2D eigenvalue weighted by Crippen LogP contribution is -2.44. The predicted molar refractivity (Wildman–Crippen MR) is 186 cm³/mol. The molecule has 7 rings (SSSR count). The van der Waals surface area contributed by atoms with Gasteiger partial charge in [0.2, 0.25) is 0 Å². The van der Waals surface area contributed by atoms with Crippen LogP contribution in [0.4, 0.5) is 10.5 Å². The van der Waals surface area contributed by atoms with E-state index in [0.717, 1.165) is 50.4 Å². The minimum atomic E-state index is -0.638. The van der Waals surface area contributed by atoms with E-state index in [2.05, 4.69) is 36.8 Å². The minimum Gasteiger partial charge on any atom is -0.444 e. The van der Waals surface area contributed by atoms with Gasteiger partial charge in [-0.3, -0.25) is 9.78 Å². The largest absolute Gasteiger partial charge is 0.444 e. The summed E-state index contributed by atoms with van der Waals surface area (Å²) in [6.45, 7) is 13.2. The van der Waals surface area contributed by atoms with Crippen molar-refractivity contribution in [3.05, 3.63) is 74.6 Å². The lowest BCUT2D eigenvalue weighted by atomic mass is 9.89. The summed E-state index contributed by atoms with van der Waals surface area (Å²) in [5, 5.41) is 24.9. The van der Waals surface area contributed by atoms with Gasteiger partial charge in [0.25, 0.3) is 5.56 Å². The summed E-state index contributed by atoms with van der Waals surface area (Å²) in [5.41, 5.74) is 5.61. The number of aliphatic hydroxyl groups excluding tert-OH is 1. The summed E-state index contributed by atoms with van der Waals surface area (Å²) >= 11 is 1.59. The van der Waals surface area contributed by atoms with Crippen molar-refractivity contribution in [2.45, 2.75) is 89.9 Å². The normalized spacial score (nSPS) is 22.0. The van der Waals surface area contributed by atoms with Gasteiger partial charge < -0.3 is 19.6 Å². The highest BCUT2D eigenvalue weighted by Gasteiger charge is 2.50. The number of pyridine rings is 1. The fraction of sp³-hybridized carbons (Fsp3) is 0.486. The van der Waals surface area contributed by atoms with Crippen LogP contribution in [0, 0.1) is 17.2 Å². The van der Waals surface area contributed by atoms with E-state index in [-0.39, 0.29) is 29.7 Å². The van der Waals surface area contributed by atoms with E-state index in [0.29, 0.717) is 36.9 Å². The van der Waals surface area contributed by atoms with Gasteiger partial charge in [0, 0.05) is 53.1 Å². The molecule has 3 aliphatic rings. The van der Waals surface area contributed by atoms with E-state index in [4.69, 9.17) is 9.72 Å². The fourth-order valence-corrected chi connectivity index (χ4v) is 8.38. The Balaban J connectivity index is 1.28. The average Bonchev–Trinajstić information content (AvgIpc) is 3.49. The third-order valence-electron chi connectivity index (χ3n) is 9.78. The van der Waals surface area contributed by atoms with E-state index in [1.54, 1.807) is 34.7 Å². The number of thiophene rings is 1. The molecule has 5 heterocycles. The second-order valence-electron chi connectivity index (χ2n) is 15.5. The maximum absolute atomic E-state index is 13.2. The second kappa shape index (κ2) is 11.7. The number of nitrogens with zero attached hydrogens (tertiary/aromatic N) is 6. The Labute approximate surface area is 284 Å². The van der Waals surface area contributed by atoms with Gasteiger partial charge in [-0.1, -0.05) is 20.8 Å². The van der Waals surface area contributed by atoms with Crippen molar-refractivity contribution in [3.8, 4) is 17.2 Å². The zero-order valence-electron chi connectivity index (χ0n) is 28.4. The molecule has 0 bridgehead atoms. The number of benzene rings is 1. The summed E-state index contributed by atoms with van der Waals surface area (Å²) in [5.74, 6) is 0.884. The van der Waals surface area contributed by atoms with Crippen LogP contribution >= 0.6 is 11.3 Å². The summed E-state index contributed by atoms with van der Waals surface area (Å²) < 4.78 is 8.19. The average molecular weight is 667 g/mol. The predicted octanol–water partition coefficient (Wildman–Crippen LogP) is 6.03. The number of ether oxygens (including phenoxy) is 1. The van der Waals surface area contributed by atoms with Gasteiger partial charge in [0.15, 0.2) is 0 Å². The molecule has 1 N–H and O–H groups in total. The molecule has 0 spiro atoms. The molecule has 1 saturated carbocycles. The highest BCUT2D eigenvalue weighted by atomic mass is 32.1. The van der Waals surface area contributed by atoms with Crippen molar-refractivity contribution in [1.29, 1.82) is 5.26 Å². The van der Waals surface area contributed by atoms with Gasteiger partial charge in [0.05, 0.1) is 47.2 Å². The summed E-state index contributed by atoms with van der Waals surface area (Å²) in [4.78, 5) is 36.0. The van der Waals surface area contributed by atoms with Crippen molar-refractivity contribution in [2.75, 3.05) is 24.6 Å². The number of hydrogen-bond acceptors (Lipinski definition) is 9. The van der Waals surface area contributed by atoms with E-state index < -0.39 is 11.7 Å². The molecule has 0 radical (unpaired) electrons. The minimum absolute atomic E-state index is 0.0214. The third-order valence-corrected chi connectivity index (χ3v) is 10.9. The number of carbonyl (C=O) groups is 1. The molecule has 0 unspecified atom stereocenters. The number of nitriles is 1. The van der Waals surface area contributed by atoms with Crippen molar-refractivity contribution in [3.63, 3.8) is 0 Å². The summed E-state index contributed by atoms with van der Waals surface area (Å²) in [7, 11) is 0. The zero-order chi connectivity index (χ0) is 34.1. The van der Waals surface area contributed by atoms with Gasteiger partial charge >= 0.3 is 6.09 Å². The van der Waals surface area contributed by atoms with Gasteiger partial charge in [0.1, 0.15) is 5.60 Å². The Morgan fingerprint density at radius 3 is 2.58 bits per heavy atom. The number of carbonyl (C=O) groups excluding carboxylic acids is 1. The first-order valence-corrected chi connectivity index (χ1v) is 17.5. The molecule has 11 heteroatoms. The van der Waals surface area contributed by atoms with E-state index in [9.17, 15) is 20.0 Å². The quantitative estimate of drug-likeness (QED) is 0.274. The first-order chi connectivity index (χ1) is 22.7. The van der Waals surface area contributed by atoms with Crippen LogP contribution in [0.1, 0.15) is 81.9 Å². The molecule has 1 amide bonds. The van der Waals surface area contributed by atoms with Crippen LogP contribution in [0.25, 0.3) is 21.3 Å². The number of likely N-dealkylation sites (tertiary alicyclic amines) is 1. The molecule has 2 aliphatic heterocycles. The molecule has 3 aromatic heterocycles. The number of amides is 1. The molecule has 1 aliphatic carbocycles. The van der Waals surface area contributed by atoms with E-state index >= 15 is 0 Å². The summed E-state index contributed by atoms with van der Waals surface area (Å²) in [6.07, 6.45) is 4.85. The lowest BCUT2D eigenvalue weighted by molar-refractivity contribution is 0.0174. The first kappa shape index (κ1) is 32.3. The van der Waals surface area contributed by atoms with Crippen molar-refractivity contribution < 1.29 is 14.6 Å². The molecule has 250 valence electrons. The Morgan fingerprint density at radius 2 is 1.90 bits per heavy atom. The molecular weight excluding hydrogens is 625 g/mol. The second-order valence-corrected chi connectivity index (χ2v) is 16.6. The molecule has 10 nitrogen and oxygen atoms in total. The van der Waals surface area contributed by atoms with E-state index in [1.807, 2.05) is 45.0 Å². The molecule has 1 aromatic carbocycles. The SMILES string of the molecule is CC(C)(C)OC(=O)N1C[C@@H](N2C[C@H]3C[C@H]3c3cc(C#N)cc(-c4ccnc5cc(Cn6ncc(C(C)(C)C)cc6=O)sc45)c32)C[C@H]1CO. The topological polar surface area (TPSA) is 125 Å². The maximum atomic E-state index is 13.2. The third kappa shape index (κ3) is 5.96. The highest BCUT2D eigenvalue weighted by Crippen LogP contribution is 2.58. The smallest absolute Gasteiger partial charge is 0.410 e. The Bertz CT molecular complexity index is 2020. The number of rotatable bonds is 5. The van der Waals surface area contributed by atoms with Crippen LogP contribution in [-0.4, -0.2) is 68.2 Å². The van der Waals surface area contributed by atoms with Crippen LogP contribution in [0.5, 0.6) is 0 Å². The van der Waals surface area contributed by atoms with Crippen molar-refractivity contribution in [2.24, 2.45) is 5.92 Å². The number of anilines is 1. The molecule has 4 atom stereocenters. The Hall–Kier alpha value is -4.27. The first-order valence-electron chi connectivity index (χ1n) is 16.6. The van der Waals surface area contributed by atoms with Gasteiger partial charge in [-0.15, -0.1) is 11.3 Å². The van der Waals surface area contributed by atoms with Gasteiger partial charge in [-0.2, -0.15) is 10.4 Å². The van der Waals surface area contributed by atoms with Crippen molar-refractivity contribution >= 4 is 33.3 Å². The number of fused-ring (bicyclic) bond motifs is 4. The number of aliphatic hydroxyl groups is 1. The molecular formula is C37H42N6O4S. The van der Waals surface area contributed by atoms with Gasteiger partial charge in [-0.25, -0.2) is 9.48 Å². The zero-order valence-corrected chi connectivity index (χ0v) is 29.2. The van der Waals surface area contributed by atoms with E-state index in [1.165, 1.54) is 10.2 Å². The summed E-state index contributed by atoms with van der Waals surface area (Å²) in [6, 6.07) is 11.7. The van der Waals surface area contributed by atoms with Crippen LogP contribution in [0.2, 0.25) is 0 Å². The van der Waals surface area contributed by atoms with Gasteiger partial charge in [-0.05, 0) is 86.3 Å². The number of aromatic nitrogens is 3. The number of hydrogen-bond donors (Lipinski definition) is 1. The Kier molecular flexibility index (Phi) is 7.87. The van der Waals surface area contributed by atoms with Crippen LogP contribution in [-0.2, 0) is 16.7 Å². The molecule has 1 saturated heterocycles. The Morgan fingerprint density at radius 1 is 1.10 bits per heavy atom. The van der Waals surface area contributed by atoms with Crippen LogP contribution in [0.3, 0.4) is 0 Å². The monoisotopic (exact) mass is 666 g/mol.